The number of nitrogens with zero attached hydrogens (tertiary/aromatic N) is 1. The van der Waals surface area contributed by atoms with Gasteiger partial charge in [-0.2, -0.15) is 0 Å². The van der Waals surface area contributed by atoms with Crippen molar-refractivity contribution in [3.8, 4) is 5.75 Å². The molecule has 3 heteroatoms. The summed E-state index contributed by atoms with van der Waals surface area (Å²) in [4.78, 5) is 2.45. The molecule has 3 rings (SSSR count). The molecule has 0 bridgehead atoms. The summed E-state index contributed by atoms with van der Waals surface area (Å²) in [5, 5.41) is 0. The van der Waals surface area contributed by atoms with E-state index in [1.165, 1.54) is 11.3 Å². The third kappa shape index (κ3) is 3.35. The van der Waals surface area contributed by atoms with Gasteiger partial charge in [-0.05, 0) is 55.3 Å². The Bertz CT molecular complexity index is 646. The van der Waals surface area contributed by atoms with Crippen molar-refractivity contribution in [2.45, 2.75) is 32.8 Å². The van der Waals surface area contributed by atoms with Crippen molar-refractivity contribution >= 4 is 11.4 Å². The van der Waals surface area contributed by atoms with Crippen molar-refractivity contribution in [3.05, 3.63) is 53.6 Å². The number of piperidine rings is 1. The molecule has 2 N–H and O–H groups in total. The molecule has 0 aromatic heterocycles. The van der Waals surface area contributed by atoms with Crippen molar-refractivity contribution in [2.75, 3.05) is 23.7 Å². The smallest absolute Gasteiger partial charge is 0.122 e. The van der Waals surface area contributed by atoms with Crippen LogP contribution in [0.2, 0.25) is 0 Å². The first-order chi connectivity index (χ1) is 10.6. The van der Waals surface area contributed by atoms with E-state index in [9.17, 15) is 0 Å². The van der Waals surface area contributed by atoms with Crippen molar-refractivity contribution in [1.82, 2.24) is 0 Å². The number of nitrogen functional groups attached to an aromatic ring is 1. The maximum atomic E-state index is 6.17. The molecule has 0 atom stereocenters. The van der Waals surface area contributed by atoms with Gasteiger partial charge in [-0.1, -0.05) is 12.1 Å². The van der Waals surface area contributed by atoms with Crippen LogP contribution in [-0.2, 0) is 0 Å². The molecule has 0 unspecified atom stereocenters. The normalized spacial score (nSPS) is 15.8. The van der Waals surface area contributed by atoms with Crippen molar-refractivity contribution in [2.24, 2.45) is 0 Å². The molecule has 116 valence electrons. The molecule has 1 aliphatic rings. The quantitative estimate of drug-likeness (QED) is 0.872. The number of nitrogens with two attached hydrogens (primary N) is 1. The summed E-state index contributed by atoms with van der Waals surface area (Å²) < 4.78 is 6.17. The molecule has 1 heterocycles. The fourth-order valence-corrected chi connectivity index (χ4v) is 3.04. The summed E-state index contributed by atoms with van der Waals surface area (Å²) in [6.45, 7) is 6.28. The van der Waals surface area contributed by atoms with Gasteiger partial charge in [-0.25, -0.2) is 0 Å². The lowest BCUT2D eigenvalue weighted by Crippen LogP contribution is -2.38. The molecule has 0 spiro atoms. The van der Waals surface area contributed by atoms with Crippen LogP contribution in [-0.4, -0.2) is 19.2 Å². The molecule has 2 aromatic carbocycles. The van der Waals surface area contributed by atoms with Gasteiger partial charge in [0.15, 0.2) is 0 Å². The zero-order valence-electron chi connectivity index (χ0n) is 13.4. The van der Waals surface area contributed by atoms with Gasteiger partial charge in [0.2, 0.25) is 0 Å². The van der Waals surface area contributed by atoms with E-state index in [0.717, 1.165) is 42.9 Å². The van der Waals surface area contributed by atoms with Gasteiger partial charge in [0.1, 0.15) is 11.9 Å². The maximum absolute atomic E-state index is 6.17. The number of aryl methyl sites for hydroxylation is 2. The highest BCUT2D eigenvalue weighted by Crippen LogP contribution is 2.26. The fraction of sp³-hybridized carbons (Fsp3) is 0.368. The Morgan fingerprint density at radius 2 is 1.82 bits per heavy atom. The molecule has 0 radical (unpaired) electrons. The third-order valence-electron chi connectivity index (χ3n) is 4.30. The number of hydrogen-bond acceptors (Lipinski definition) is 3. The first-order valence-electron chi connectivity index (χ1n) is 7.96. The molecule has 3 nitrogen and oxygen atoms in total. The average molecular weight is 296 g/mol. The summed E-state index contributed by atoms with van der Waals surface area (Å²) in [6.07, 6.45) is 2.40. The van der Waals surface area contributed by atoms with E-state index in [2.05, 4.69) is 36.1 Å². The van der Waals surface area contributed by atoms with Crippen molar-refractivity contribution in [3.63, 3.8) is 0 Å². The molecule has 0 aliphatic carbocycles. The average Bonchev–Trinajstić information content (AvgIpc) is 2.51. The van der Waals surface area contributed by atoms with Gasteiger partial charge in [0.25, 0.3) is 0 Å². The SMILES string of the molecule is Cc1cccc(N2CCC(Oc3ccc(N)cc3C)CC2)c1. The summed E-state index contributed by atoms with van der Waals surface area (Å²) in [7, 11) is 0. The van der Waals surface area contributed by atoms with Crippen LogP contribution < -0.4 is 15.4 Å². The van der Waals surface area contributed by atoms with E-state index >= 15 is 0 Å². The molecule has 2 aromatic rings. The highest BCUT2D eigenvalue weighted by atomic mass is 16.5. The van der Waals surface area contributed by atoms with E-state index in [-0.39, 0.29) is 0 Å². The first-order valence-corrected chi connectivity index (χ1v) is 7.96. The summed E-state index contributed by atoms with van der Waals surface area (Å²) in [6, 6.07) is 14.6. The first kappa shape index (κ1) is 14.8. The standard InChI is InChI=1S/C19H24N2O/c1-14-4-3-5-17(12-14)21-10-8-18(9-11-21)22-19-7-6-16(20)13-15(19)2/h3-7,12-13,18H,8-11,20H2,1-2H3. The second-order valence-electron chi connectivity index (χ2n) is 6.17. The zero-order chi connectivity index (χ0) is 15.5. The maximum Gasteiger partial charge on any atom is 0.122 e. The van der Waals surface area contributed by atoms with Gasteiger partial charge in [-0.3, -0.25) is 0 Å². The van der Waals surface area contributed by atoms with Crippen LogP contribution in [0.15, 0.2) is 42.5 Å². The fourth-order valence-electron chi connectivity index (χ4n) is 3.04. The van der Waals surface area contributed by atoms with Gasteiger partial charge >= 0.3 is 0 Å². The molecule has 1 saturated heterocycles. The Labute approximate surface area is 132 Å². The predicted octanol–water partition coefficient (Wildman–Crippen LogP) is 3.93. The summed E-state index contributed by atoms with van der Waals surface area (Å²) in [5.74, 6) is 0.961. The van der Waals surface area contributed by atoms with Crippen LogP contribution in [0.3, 0.4) is 0 Å². The minimum Gasteiger partial charge on any atom is -0.490 e. The largest absolute Gasteiger partial charge is 0.490 e. The van der Waals surface area contributed by atoms with Crippen LogP contribution in [0.4, 0.5) is 11.4 Å². The number of benzene rings is 2. The number of hydrogen-bond donors (Lipinski definition) is 1. The Morgan fingerprint density at radius 3 is 2.50 bits per heavy atom. The number of ether oxygens (including phenoxy) is 1. The van der Waals surface area contributed by atoms with Crippen molar-refractivity contribution in [1.29, 1.82) is 0 Å². The number of anilines is 2. The van der Waals surface area contributed by atoms with Crippen LogP contribution in [0, 0.1) is 13.8 Å². The van der Waals surface area contributed by atoms with Crippen LogP contribution in [0.5, 0.6) is 5.75 Å². The molecule has 1 aliphatic heterocycles. The second kappa shape index (κ2) is 6.30. The summed E-state index contributed by atoms with van der Waals surface area (Å²) in [5.41, 5.74) is 10.3. The molecule has 0 amide bonds. The monoisotopic (exact) mass is 296 g/mol. The lowest BCUT2D eigenvalue weighted by atomic mass is 10.1. The van der Waals surface area contributed by atoms with Gasteiger partial charge in [-0.15, -0.1) is 0 Å². The highest BCUT2D eigenvalue weighted by Gasteiger charge is 2.21. The van der Waals surface area contributed by atoms with Crippen LogP contribution >= 0.6 is 0 Å². The van der Waals surface area contributed by atoms with E-state index in [1.54, 1.807) is 0 Å². The lowest BCUT2D eigenvalue weighted by Gasteiger charge is -2.34. The zero-order valence-corrected chi connectivity index (χ0v) is 13.4. The topological polar surface area (TPSA) is 38.5 Å². The van der Waals surface area contributed by atoms with Crippen molar-refractivity contribution < 1.29 is 4.74 Å². The van der Waals surface area contributed by atoms with E-state index in [0.29, 0.717) is 6.10 Å². The van der Waals surface area contributed by atoms with Crippen LogP contribution in [0.25, 0.3) is 0 Å². The Balaban J connectivity index is 1.60. The van der Waals surface area contributed by atoms with E-state index < -0.39 is 0 Å². The van der Waals surface area contributed by atoms with Gasteiger partial charge in [0.05, 0.1) is 0 Å². The molecule has 22 heavy (non-hydrogen) atoms. The Morgan fingerprint density at radius 1 is 1.05 bits per heavy atom. The Kier molecular flexibility index (Phi) is 4.23. The van der Waals surface area contributed by atoms with Crippen LogP contribution in [0.1, 0.15) is 24.0 Å². The lowest BCUT2D eigenvalue weighted by molar-refractivity contribution is 0.170. The van der Waals surface area contributed by atoms with Gasteiger partial charge < -0.3 is 15.4 Å². The number of rotatable bonds is 3. The van der Waals surface area contributed by atoms with E-state index in [1.807, 2.05) is 25.1 Å². The minimum absolute atomic E-state index is 0.295. The molecule has 1 fully saturated rings. The predicted molar refractivity (Wildman–Crippen MR) is 92.6 cm³/mol. The molecule has 0 saturated carbocycles. The minimum atomic E-state index is 0.295. The van der Waals surface area contributed by atoms with Gasteiger partial charge in [0, 0.05) is 37.3 Å². The molecular formula is C19H24N2O. The summed E-state index contributed by atoms with van der Waals surface area (Å²) >= 11 is 0. The molecular weight excluding hydrogens is 272 g/mol. The Hall–Kier alpha value is -2.16. The second-order valence-corrected chi connectivity index (χ2v) is 6.17. The third-order valence-corrected chi connectivity index (χ3v) is 4.30. The van der Waals surface area contributed by atoms with E-state index in [4.69, 9.17) is 10.5 Å². The highest BCUT2D eigenvalue weighted by molar-refractivity contribution is 5.49.